The van der Waals surface area contributed by atoms with Crippen molar-refractivity contribution in [3.05, 3.63) is 0 Å². The molecule has 2 fully saturated rings. The quantitative estimate of drug-likeness (QED) is 0.824. The molecule has 0 aromatic rings. The zero-order chi connectivity index (χ0) is 12.5. The lowest BCUT2D eigenvalue weighted by molar-refractivity contribution is -0.187. The van der Waals surface area contributed by atoms with Crippen LogP contribution >= 0.6 is 0 Å². The molecule has 1 saturated heterocycles. The molecule has 3 nitrogen and oxygen atoms in total. The molecule has 1 aliphatic heterocycles. The molecule has 17 heavy (non-hydrogen) atoms. The summed E-state index contributed by atoms with van der Waals surface area (Å²) in [5.74, 6) is -1.42. The van der Waals surface area contributed by atoms with Crippen LogP contribution in [0.2, 0.25) is 0 Å². The van der Waals surface area contributed by atoms with Crippen LogP contribution in [0.15, 0.2) is 0 Å². The molecule has 1 aliphatic carbocycles. The number of halogens is 3. The number of amides is 1. The number of rotatable bonds is 3. The van der Waals surface area contributed by atoms with E-state index in [0.29, 0.717) is 13.0 Å². The monoisotopic (exact) mass is 250 g/mol. The number of likely N-dealkylation sites (tertiary alicyclic amines) is 1. The molecule has 1 saturated carbocycles. The summed E-state index contributed by atoms with van der Waals surface area (Å²) in [6.07, 6.45) is -1.44. The SMILES string of the molecule is O=C(CN1CCC[C@@H](C(F)(F)F)C1)NC1CC1. The molecule has 98 valence electrons. The van der Waals surface area contributed by atoms with Crippen molar-refractivity contribution < 1.29 is 18.0 Å². The molecule has 2 rings (SSSR count). The second-order valence-corrected chi connectivity index (χ2v) is 4.96. The van der Waals surface area contributed by atoms with Gasteiger partial charge in [0, 0.05) is 12.6 Å². The van der Waals surface area contributed by atoms with Crippen LogP contribution in [0.5, 0.6) is 0 Å². The van der Waals surface area contributed by atoms with Crippen molar-refractivity contribution >= 4 is 5.91 Å². The van der Waals surface area contributed by atoms with Gasteiger partial charge in [0.1, 0.15) is 0 Å². The molecule has 0 aromatic carbocycles. The van der Waals surface area contributed by atoms with E-state index >= 15 is 0 Å². The van der Waals surface area contributed by atoms with Gasteiger partial charge in [-0.3, -0.25) is 9.69 Å². The molecule has 0 bridgehead atoms. The van der Waals surface area contributed by atoms with Gasteiger partial charge >= 0.3 is 6.18 Å². The summed E-state index contributed by atoms with van der Waals surface area (Å²) in [6, 6.07) is 0.269. The lowest BCUT2D eigenvalue weighted by atomic mass is 9.97. The highest BCUT2D eigenvalue weighted by atomic mass is 19.4. The summed E-state index contributed by atoms with van der Waals surface area (Å²) in [7, 11) is 0. The number of carbonyl (C=O) groups excluding carboxylic acids is 1. The Labute approximate surface area is 98.3 Å². The van der Waals surface area contributed by atoms with E-state index in [-0.39, 0.29) is 31.5 Å². The molecule has 1 atom stereocenters. The summed E-state index contributed by atoms with van der Waals surface area (Å²) in [5.41, 5.74) is 0. The normalized spacial score (nSPS) is 26.9. The summed E-state index contributed by atoms with van der Waals surface area (Å²) in [5, 5.41) is 2.79. The smallest absolute Gasteiger partial charge is 0.352 e. The summed E-state index contributed by atoms with van der Waals surface area (Å²) in [4.78, 5) is 13.1. The predicted molar refractivity (Wildman–Crippen MR) is 56.4 cm³/mol. The fourth-order valence-corrected chi connectivity index (χ4v) is 2.17. The summed E-state index contributed by atoms with van der Waals surface area (Å²) in [6.45, 7) is 0.648. The summed E-state index contributed by atoms with van der Waals surface area (Å²) < 4.78 is 37.6. The zero-order valence-corrected chi connectivity index (χ0v) is 9.59. The van der Waals surface area contributed by atoms with Gasteiger partial charge in [-0.1, -0.05) is 0 Å². The maximum atomic E-state index is 12.5. The Kier molecular flexibility index (Phi) is 3.61. The maximum Gasteiger partial charge on any atom is 0.393 e. The third-order valence-corrected chi connectivity index (χ3v) is 3.28. The van der Waals surface area contributed by atoms with E-state index in [0.717, 1.165) is 12.8 Å². The van der Waals surface area contributed by atoms with Gasteiger partial charge in [-0.2, -0.15) is 13.2 Å². The predicted octanol–water partition coefficient (Wildman–Crippen LogP) is 1.54. The highest BCUT2D eigenvalue weighted by molar-refractivity contribution is 5.78. The fraction of sp³-hybridized carbons (Fsp3) is 0.909. The van der Waals surface area contributed by atoms with E-state index in [2.05, 4.69) is 5.32 Å². The van der Waals surface area contributed by atoms with Gasteiger partial charge in [0.15, 0.2) is 0 Å². The minimum Gasteiger partial charge on any atom is -0.352 e. The van der Waals surface area contributed by atoms with Crippen LogP contribution < -0.4 is 5.32 Å². The number of nitrogens with one attached hydrogen (secondary N) is 1. The van der Waals surface area contributed by atoms with Crippen LogP contribution in [-0.4, -0.2) is 42.7 Å². The Morgan fingerprint density at radius 3 is 2.59 bits per heavy atom. The van der Waals surface area contributed by atoms with Gasteiger partial charge in [0.05, 0.1) is 12.5 Å². The number of carbonyl (C=O) groups is 1. The van der Waals surface area contributed by atoms with Gasteiger partial charge in [0.25, 0.3) is 0 Å². The second-order valence-electron chi connectivity index (χ2n) is 4.96. The fourth-order valence-electron chi connectivity index (χ4n) is 2.17. The molecule has 1 amide bonds. The highest BCUT2D eigenvalue weighted by Gasteiger charge is 2.42. The van der Waals surface area contributed by atoms with Crippen molar-refractivity contribution in [2.45, 2.75) is 37.9 Å². The highest BCUT2D eigenvalue weighted by Crippen LogP contribution is 2.32. The maximum absolute atomic E-state index is 12.5. The minimum atomic E-state index is -4.13. The molecule has 1 N–H and O–H groups in total. The van der Waals surface area contributed by atoms with Crippen LogP contribution in [0.3, 0.4) is 0 Å². The average molecular weight is 250 g/mol. The third kappa shape index (κ3) is 3.87. The van der Waals surface area contributed by atoms with Gasteiger partial charge in [-0.05, 0) is 32.2 Å². The van der Waals surface area contributed by atoms with E-state index in [1.54, 1.807) is 4.90 Å². The van der Waals surface area contributed by atoms with Gasteiger partial charge in [-0.25, -0.2) is 0 Å². The van der Waals surface area contributed by atoms with Crippen LogP contribution in [-0.2, 0) is 4.79 Å². The molecule has 0 radical (unpaired) electrons. The van der Waals surface area contributed by atoms with Crippen molar-refractivity contribution in [2.24, 2.45) is 5.92 Å². The van der Waals surface area contributed by atoms with E-state index in [9.17, 15) is 18.0 Å². The molecule has 1 heterocycles. The molecular weight excluding hydrogens is 233 g/mol. The number of nitrogens with zero attached hydrogens (tertiary/aromatic N) is 1. The van der Waals surface area contributed by atoms with Crippen LogP contribution in [0, 0.1) is 5.92 Å². The first-order valence-electron chi connectivity index (χ1n) is 6.03. The van der Waals surface area contributed by atoms with Crippen molar-refractivity contribution in [3.63, 3.8) is 0 Å². The van der Waals surface area contributed by atoms with Crippen LogP contribution in [0.25, 0.3) is 0 Å². The Morgan fingerprint density at radius 1 is 1.29 bits per heavy atom. The number of hydrogen-bond donors (Lipinski definition) is 1. The lowest BCUT2D eigenvalue weighted by Crippen LogP contribution is -2.46. The molecule has 0 unspecified atom stereocenters. The van der Waals surface area contributed by atoms with E-state index < -0.39 is 12.1 Å². The van der Waals surface area contributed by atoms with Crippen molar-refractivity contribution in [1.29, 1.82) is 0 Å². The van der Waals surface area contributed by atoms with E-state index in [1.165, 1.54) is 0 Å². The van der Waals surface area contributed by atoms with Crippen LogP contribution in [0.1, 0.15) is 25.7 Å². The molecule has 6 heteroatoms. The summed E-state index contributed by atoms with van der Waals surface area (Å²) >= 11 is 0. The second kappa shape index (κ2) is 4.84. The largest absolute Gasteiger partial charge is 0.393 e. The van der Waals surface area contributed by atoms with Gasteiger partial charge in [-0.15, -0.1) is 0 Å². The number of piperidine rings is 1. The molecular formula is C11H17F3N2O. The van der Waals surface area contributed by atoms with E-state index in [4.69, 9.17) is 0 Å². The Bertz CT molecular complexity index is 289. The van der Waals surface area contributed by atoms with Crippen molar-refractivity contribution in [2.75, 3.05) is 19.6 Å². The van der Waals surface area contributed by atoms with Crippen molar-refractivity contribution in [3.8, 4) is 0 Å². The van der Waals surface area contributed by atoms with Crippen molar-refractivity contribution in [1.82, 2.24) is 10.2 Å². The molecule has 2 aliphatic rings. The number of hydrogen-bond acceptors (Lipinski definition) is 2. The van der Waals surface area contributed by atoms with Crippen LogP contribution in [0.4, 0.5) is 13.2 Å². The Hall–Kier alpha value is -0.780. The minimum absolute atomic E-state index is 0.0401. The lowest BCUT2D eigenvalue weighted by Gasteiger charge is -2.33. The first-order valence-corrected chi connectivity index (χ1v) is 6.03. The first kappa shape index (κ1) is 12.7. The topological polar surface area (TPSA) is 32.3 Å². The zero-order valence-electron chi connectivity index (χ0n) is 9.59. The van der Waals surface area contributed by atoms with Gasteiger partial charge < -0.3 is 5.32 Å². The third-order valence-electron chi connectivity index (χ3n) is 3.28. The standard InChI is InChI=1S/C11H17F3N2O/c12-11(13,14)8-2-1-5-16(6-8)7-10(17)15-9-3-4-9/h8-9H,1-7H2,(H,15,17)/t8-/m1/s1. The Balaban J connectivity index is 1.78. The van der Waals surface area contributed by atoms with E-state index in [1.807, 2.05) is 0 Å². The molecule has 0 aromatic heterocycles. The van der Waals surface area contributed by atoms with Gasteiger partial charge in [0.2, 0.25) is 5.91 Å². The Morgan fingerprint density at radius 2 is 2.00 bits per heavy atom. The first-order chi connectivity index (χ1) is 7.95. The molecule has 0 spiro atoms. The number of alkyl halides is 3. The average Bonchev–Trinajstić information content (AvgIpc) is 3.00.